The summed E-state index contributed by atoms with van der Waals surface area (Å²) in [6.45, 7) is 2.19. The molecule has 0 fully saturated rings. The normalized spacial score (nSPS) is 13.1. The van der Waals surface area contributed by atoms with E-state index in [0.29, 0.717) is 0 Å². The van der Waals surface area contributed by atoms with Crippen LogP contribution in [0.4, 0.5) is 0 Å². The Morgan fingerprint density at radius 2 is 1.23 bits per heavy atom. The van der Waals surface area contributed by atoms with Crippen LogP contribution in [0.5, 0.6) is 0 Å². The first-order chi connectivity index (χ1) is 31.9. The van der Waals surface area contributed by atoms with Gasteiger partial charge in [0.25, 0.3) is 0 Å². The van der Waals surface area contributed by atoms with Crippen LogP contribution in [0.1, 0.15) is 39.5 Å². The van der Waals surface area contributed by atoms with Gasteiger partial charge in [0.15, 0.2) is 0 Å². The van der Waals surface area contributed by atoms with E-state index in [4.69, 9.17) is 4.98 Å². The van der Waals surface area contributed by atoms with Crippen molar-refractivity contribution in [3.8, 4) is 67.2 Å². The molecule has 1 atom stereocenters. The second-order valence-corrected chi connectivity index (χ2v) is 17.0. The minimum absolute atomic E-state index is 0. The molecule has 6 heteroatoms. The molecule has 1 radical (unpaired) electrons. The first-order valence-corrected chi connectivity index (χ1v) is 22.4. The number of hydrogen-bond acceptors (Lipinski definition) is 3. The average Bonchev–Trinajstić information content (AvgIpc) is 4.00. The van der Waals surface area contributed by atoms with Crippen molar-refractivity contribution in [2.45, 2.75) is 38.8 Å². The molecular weight excluding hydrogens is 983 g/mol. The van der Waals surface area contributed by atoms with Crippen LogP contribution < -0.4 is 0 Å². The minimum atomic E-state index is 0. The number of aromatic nitrogens is 3. The molecule has 327 valence electrons. The molecule has 0 saturated heterocycles. The number of rotatable bonds is 13. The van der Waals surface area contributed by atoms with Crippen LogP contribution in [0, 0.1) is 25.1 Å². The third-order valence-electron chi connectivity index (χ3n) is 12.5. The van der Waals surface area contributed by atoms with Gasteiger partial charge in [0.2, 0.25) is 0 Å². The van der Waals surface area contributed by atoms with Crippen LogP contribution in [0.2, 0.25) is 0 Å². The maximum atomic E-state index is 5.08. The van der Waals surface area contributed by atoms with Gasteiger partial charge in [-0.1, -0.05) is 116 Å². The molecule has 7 aromatic carbocycles. The SMILES string of the molecule is Cc1cc(-c2[c-]ccc(-c3ccc(-c4ccccc4)cc3)c2)ncc1-c1ccccc1-c1cc(CCc2c[c-]c(-c3nccn3C)cc2)cc(CCc2c[c-]c(C3[N-]C=CN3C)cc2)c1.[Ir]. The first kappa shape index (κ1) is 44.1. The van der Waals surface area contributed by atoms with Gasteiger partial charge >= 0.3 is 0 Å². The standard InChI is InChI=1S/C60H49N5.Ir/c1-42-36-58(53-13-9-12-52(40-53)49-30-28-48(29-31-49)47-10-5-4-6-11-47)63-41-57(42)56-15-8-7-14-55(56)54-38-45(18-16-43-20-24-50(25-21-43)59-61-32-34-64(59)2)37-46(39-54)19-17-44-22-26-51(27-23-44)60-62-33-35-65(60)3;/h4-12,14-15,20-24,26,28-41,59H,16-19H2,1-3H3;/q-4;. The van der Waals surface area contributed by atoms with Gasteiger partial charge in [0, 0.05) is 58.4 Å². The summed E-state index contributed by atoms with van der Waals surface area (Å²) >= 11 is 0. The maximum Gasteiger partial charge on any atom is 0.0555 e. The summed E-state index contributed by atoms with van der Waals surface area (Å²) in [5.74, 6) is 0.923. The Balaban J connectivity index is 0.00000548. The number of nitrogens with zero attached hydrogens (tertiary/aromatic N) is 5. The molecule has 1 aliphatic rings. The Morgan fingerprint density at radius 1 is 0.561 bits per heavy atom. The summed E-state index contributed by atoms with van der Waals surface area (Å²) in [5.41, 5.74) is 19.7. The van der Waals surface area contributed by atoms with Crippen molar-refractivity contribution in [1.82, 2.24) is 19.4 Å². The minimum Gasteiger partial charge on any atom is -0.668 e. The molecule has 9 aromatic rings. The maximum absolute atomic E-state index is 5.08. The Hall–Kier alpha value is -7.11. The van der Waals surface area contributed by atoms with Crippen LogP contribution in [-0.4, -0.2) is 26.5 Å². The quantitative estimate of drug-likeness (QED) is 0.108. The topological polar surface area (TPSA) is 48.1 Å². The average molecular weight is 1030 g/mol. The van der Waals surface area contributed by atoms with Crippen molar-refractivity contribution in [2.24, 2.45) is 7.05 Å². The molecule has 5 nitrogen and oxygen atoms in total. The fraction of sp³-hybridized carbons (Fsp3) is 0.133. The zero-order valence-corrected chi connectivity index (χ0v) is 39.8. The van der Waals surface area contributed by atoms with Gasteiger partial charge in [-0.3, -0.25) is 4.98 Å². The Labute approximate surface area is 402 Å². The van der Waals surface area contributed by atoms with E-state index in [9.17, 15) is 0 Å². The van der Waals surface area contributed by atoms with Crippen molar-refractivity contribution >= 4 is 0 Å². The largest absolute Gasteiger partial charge is 0.668 e. The molecule has 1 unspecified atom stereocenters. The van der Waals surface area contributed by atoms with Crippen molar-refractivity contribution in [3.05, 3.63) is 246 Å². The molecule has 0 bridgehead atoms. The van der Waals surface area contributed by atoms with E-state index in [0.717, 1.165) is 65.0 Å². The predicted octanol–water partition coefficient (Wildman–Crippen LogP) is 13.9. The van der Waals surface area contributed by atoms with E-state index in [1.807, 2.05) is 48.7 Å². The molecule has 0 saturated carbocycles. The molecule has 0 spiro atoms. The third-order valence-corrected chi connectivity index (χ3v) is 12.5. The molecule has 1 aliphatic heterocycles. The van der Waals surface area contributed by atoms with E-state index < -0.39 is 0 Å². The summed E-state index contributed by atoms with van der Waals surface area (Å²) in [4.78, 5) is 11.7. The molecule has 0 amide bonds. The first-order valence-electron chi connectivity index (χ1n) is 22.4. The number of aryl methyl sites for hydroxylation is 6. The molecular formula is C60H49IrN5-4. The van der Waals surface area contributed by atoms with Gasteiger partial charge in [-0.2, -0.15) is 41.6 Å². The summed E-state index contributed by atoms with van der Waals surface area (Å²) in [5, 5.41) is 4.60. The van der Waals surface area contributed by atoms with E-state index in [1.54, 1.807) is 0 Å². The van der Waals surface area contributed by atoms with E-state index in [-0.39, 0.29) is 26.3 Å². The van der Waals surface area contributed by atoms with Crippen LogP contribution in [0.25, 0.3) is 72.5 Å². The summed E-state index contributed by atoms with van der Waals surface area (Å²) in [7, 11) is 4.07. The summed E-state index contributed by atoms with van der Waals surface area (Å²) < 4.78 is 2.03. The van der Waals surface area contributed by atoms with Gasteiger partial charge in [-0.05, 0) is 87.9 Å². The van der Waals surface area contributed by atoms with Crippen LogP contribution >= 0.6 is 0 Å². The van der Waals surface area contributed by atoms with Crippen LogP contribution in [-0.2, 0) is 52.8 Å². The van der Waals surface area contributed by atoms with Crippen LogP contribution in [0.3, 0.4) is 0 Å². The Kier molecular flexibility index (Phi) is 13.3. The third kappa shape index (κ3) is 9.77. The fourth-order valence-electron chi connectivity index (χ4n) is 8.89. The molecule has 2 aromatic heterocycles. The molecule has 0 N–H and O–H groups in total. The van der Waals surface area contributed by atoms with Crippen LogP contribution in [0.15, 0.2) is 189 Å². The monoisotopic (exact) mass is 1030 g/mol. The number of imidazole rings is 1. The zero-order chi connectivity index (χ0) is 44.1. The molecule has 3 heterocycles. The predicted molar refractivity (Wildman–Crippen MR) is 266 cm³/mol. The van der Waals surface area contributed by atoms with E-state index >= 15 is 0 Å². The molecule has 66 heavy (non-hydrogen) atoms. The van der Waals surface area contributed by atoms with Gasteiger partial charge in [0.1, 0.15) is 0 Å². The van der Waals surface area contributed by atoms with Gasteiger partial charge in [-0.25, -0.2) is 0 Å². The number of hydrogen-bond donors (Lipinski definition) is 0. The number of benzene rings is 7. The summed E-state index contributed by atoms with van der Waals surface area (Å²) in [6.07, 6.45) is 13.4. The Morgan fingerprint density at radius 3 is 1.86 bits per heavy atom. The summed E-state index contributed by atoms with van der Waals surface area (Å²) in [6, 6.07) is 67.2. The zero-order valence-electron chi connectivity index (χ0n) is 37.4. The Bertz CT molecular complexity index is 3100. The number of pyridine rings is 1. The van der Waals surface area contributed by atoms with E-state index in [1.165, 1.54) is 61.2 Å². The van der Waals surface area contributed by atoms with Crippen molar-refractivity contribution in [3.63, 3.8) is 0 Å². The molecule has 10 rings (SSSR count). The van der Waals surface area contributed by atoms with E-state index in [2.05, 4.69) is 199 Å². The molecule has 0 aliphatic carbocycles. The van der Waals surface area contributed by atoms with Gasteiger partial charge < -0.3 is 19.8 Å². The smallest absolute Gasteiger partial charge is 0.0555 e. The van der Waals surface area contributed by atoms with Crippen molar-refractivity contribution in [2.75, 3.05) is 7.05 Å². The second-order valence-electron chi connectivity index (χ2n) is 17.0. The fourth-order valence-corrected chi connectivity index (χ4v) is 8.89. The van der Waals surface area contributed by atoms with Gasteiger partial charge in [-0.15, -0.1) is 70.8 Å². The second kappa shape index (κ2) is 20.0. The van der Waals surface area contributed by atoms with Gasteiger partial charge in [0.05, 0.1) is 5.82 Å². The van der Waals surface area contributed by atoms with Crippen molar-refractivity contribution in [1.29, 1.82) is 0 Å². The van der Waals surface area contributed by atoms with Crippen molar-refractivity contribution < 1.29 is 20.1 Å².